The Morgan fingerprint density at radius 3 is 2.42 bits per heavy atom. The molecule has 0 aliphatic heterocycles. The molecule has 0 aliphatic carbocycles. The van der Waals surface area contributed by atoms with E-state index in [4.69, 9.17) is 0 Å². The summed E-state index contributed by atoms with van der Waals surface area (Å²) in [4.78, 5) is 1.98. The molecule has 1 N–H and O–H groups in total. The summed E-state index contributed by atoms with van der Waals surface area (Å²) in [6.07, 6.45) is 2.58. The van der Waals surface area contributed by atoms with Gasteiger partial charge in [-0.1, -0.05) is 13.0 Å². The third-order valence-corrected chi connectivity index (χ3v) is 2.53. The van der Waals surface area contributed by atoms with Crippen LogP contribution in [0.15, 0.2) is 11.6 Å². The normalized spacial score (nSPS) is 18.1. The van der Waals surface area contributed by atoms with Crippen LogP contribution in [0.1, 0.15) is 34.1 Å². The molecule has 2 atom stereocenters. The lowest BCUT2D eigenvalue weighted by molar-refractivity contribution is 0.0257. The molecule has 0 bridgehead atoms. The van der Waals surface area contributed by atoms with Crippen molar-refractivity contribution in [3.63, 3.8) is 0 Å². The predicted octanol–water partition coefficient (Wildman–Crippen LogP) is 2.00. The van der Waals surface area contributed by atoms with E-state index in [1.165, 1.54) is 0 Å². The molecule has 0 heterocycles. The van der Waals surface area contributed by atoms with Gasteiger partial charge in [0.15, 0.2) is 0 Å². The molecule has 2 nitrogen and oxygen atoms in total. The molecule has 0 aromatic carbocycles. The quantitative estimate of drug-likeness (QED) is 0.516. The Kier molecular flexibility index (Phi) is 5.18. The lowest BCUT2D eigenvalue weighted by Gasteiger charge is -2.29. The zero-order valence-electron chi connectivity index (χ0n) is 8.83. The topological polar surface area (TPSA) is 23.5 Å². The van der Waals surface area contributed by atoms with Gasteiger partial charge in [-0.25, -0.2) is 0 Å². The van der Waals surface area contributed by atoms with Crippen LogP contribution >= 0.6 is 0 Å². The van der Waals surface area contributed by atoms with Gasteiger partial charge in [0.1, 0.15) is 6.23 Å². The zero-order chi connectivity index (χ0) is 9.72. The van der Waals surface area contributed by atoms with Crippen LogP contribution in [0.5, 0.6) is 0 Å². The van der Waals surface area contributed by atoms with Crippen molar-refractivity contribution in [2.45, 2.75) is 46.4 Å². The summed E-state index contributed by atoms with van der Waals surface area (Å²) in [5.74, 6) is 0. The zero-order valence-corrected chi connectivity index (χ0v) is 8.83. The monoisotopic (exact) mass is 171 g/mol. The second-order valence-corrected chi connectivity index (χ2v) is 3.33. The summed E-state index contributed by atoms with van der Waals surface area (Å²) in [5.41, 5.74) is 1.01. The van der Waals surface area contributed by atoms with Crippen molar-refractivity contribution in [3.05, 3.63) is 11.6 Å². The highest BCUT2D eigenvalue weighted by Crippen LogP contribution is 2.10. The Morgan fingerprint density at radius 1 is 1.58 bits per heavy atom. The molecule has 0 saturated carbocycles. The van der Waals surface area contributed by atoms with Crippen molar-refractivity contribution in [1.29, 1.82) is 0 Å². The Morgan fingerprint density at radius 2 is 2.08 bits per heavy atom. The molecule has 0 aromatic heterocycles. The second kappa shape index (κ2) is 5.33. The molecule has 2 unspecified atom stereocenters. The van der Waals surface area contributed by atoms with Crippen molar-refractivity contribution in [3.8, 4) is 0 Å². The van der Waals surface area contributed by atoms with E-state index in [-0.39, 0.29) is 0 Å². The third-order valence-electron chi connectivity index (χ3n) is 2.53. The average molecular weight is 171 g/mol. The minimum Gasteiger partial charge on any atom is -0.374 e. The highest BCUT2D eigenvalue weighted by molar-refractivity contribution is 5.02. The average Bonchev–Trinajstić information content (AvgIpc) is 2.12. The number of rotatable bonds is 4. The molecule has 0 amide bonds. The first-order valence-corrected chi connectivity index (χ1v) is 4.57. The summed E-state index contributed by atoms with van der Waals surface area (Å²) >= 11 is 0. The highest BCUT2D eigenvalue weighted by atomic mass is 16.3. The van der Waals surface area contributed by atoms with Crippen molar-refractivity contribution < 1.29 is 5.11 Å². The van der Waals surface area contributed by atoms with E-state index in [2.05, 4.69) is 13.8 Å². The van der Waals surface area contributed by atoms with Crippen molar-refractivity contribution >= 4 is 0 Å². The summed E-state index contributed by atoms with van der Waals surface area (Å²) in [7, 11) is 1.95. The molecular formula is C10H21NO. The van der Waals surface area contributed by atoms with Crippen LogP contribution < -0.4 is 0 Å². The van der Waals surface area contributed by atoms with Gasteiger partial charge in [0.25, 0.3) is 0 Å². The van der Waals surface area contributed by atoms with Crippen molar-refractivity contribution in [1.82, 2.24) is 4.90 Å². The van der Waals surface area contributed by atoms with Gasteiger partial charge in [0.2, 0.25) is 0 Å². The Hall–Kier alpha value is -0.340. The van der Waals surface area contributed by atoms with Gasteiger partial charge in [-0.15, -0.1) is 0 Å². The standard InChI is InChI=1S/C10H21NO/c1-6-8(3)10(12)11(5)9(4)7-2/h6,9-10,12H,7H2,1-5H3. The first-order chi connectivity index (χ1) is 5.54. The van der Waals surface area contributed by atoms with Crippen molar-refractivity contribution in [2.75, 3.05) is 7.05 Å². The molecule has 0 rings (SSSR count). The lowest BCUT2D eigenvalue weighted by Crippen LogP contribution is -2.38. The maximum Gasteiger partial charge on any atom is 0.129 e. The molecule has 2 heteroatoms. The van der Waals surface area contributed by atoms with Gasteiger partial charge < -0.3 is 5.11 Å². The minimum atomic E-state index is -0.426. The maximum absolute atomic E-state index is 9.75. The van der Waals surface area contributed by atoms with E-state index in [1.807, 2.05) is 31.9 Å². The van der Waals surface area contributed by atoms with Gasteiger partial charge in [-0.3, -0.25) is 4.90 Å². The van der Waals surface area contributed by atoms with Crippen LogP contribution in [0.25, 0.3) is 0 Å². The first-order valence-electron chi connectivity index (χ1n) is 4.57. The molecule has 0 fully saturated rings. The van der Waals surface area contributed by atoms with Gasteiger partial charge in [0.05, 0.1) is 0 Å². The van der Waals surface area contributed by atoms with E-state index in [9.17, 15) is 5.11 Å². The molecule has 0 spiro atoms. The fourth-order valence-corrected chi connectivity index (χ4v) is 0.999. The molecule has 0 aromatic rings. The number of allylic oxidation sites excluding steroid dienone is 1. The molecular weight excluding hydrogens is 150 g/mol. The van der Waals surface area contributed by atoms with E-state index < -0.39 is 6.23 Å². The fourth-order valence-electron chi connectivity index (χ4n) is 0.999. The second-order valence-electron chi connectivity index (χ2n) is 3.33. The Bertz CT molecular complexity index is 154. The molecule has 0 saturated heterocycles. The molecule has 72 valence electrons. The summed E-state index contributed by atoms with van der Waals surface area (Å²) < 4.78 is 0. The smallest absolute Gasteiger partial charge is 0.129 e. The summed E-state index contributed by atoms with van der Waals surface area (Å²) in [6.45, 7) is 8.14. The number of likely N-dealkylation sites (N-methyl/N-ethyl adjacent to an activating group) is 1. The molecule has 0 aliphatic rings. The first kappa shape index (κ1) is 11.7. The Balaban J connectivity index is 4.18. The van der Waals surface area contributed by atoms with Crippen LogP contribution in [-0.4, -0.2) is 29.3 Å². The van der Waals surface area contributed by atoms with Gasteiger partial charge >= 0.3 is 0 Å². The van der Waals surface area contributed by atoms with Crippen LogP contribution in [0.2, 0.25) is 0 Å². The van der Waals surface area contributed by atoms with Crippen LogP contribution in [0, 0.1) is 0 Å². The summed E-state index contributed by atoms with van der Waals surface area (Å²) in [5, 5.41) is 9.75. The van der Waals surface area contributed by atoms with Gasteiger partial charge in [-0.05, 0) is 39.8 Å². The number of nitrogens with zero attached hydrogens (tertiary/aromatic N) is 1. The number of aliphatic hydroxyl groups excluding tert-OH is 1. The number of aliphatic hydroxyl groups is 1. The van der Waals surface area contributed by atoms with Crippen LogP contribution in [-0.2, 0) is 0 Å². The summed E-state index contributed by atoms with van der Waals surface area (Å²) in [6, 6.07) is 0.426. The number of hydrogen-bond donors (Lipinski definition) is 1. The highest BCUT2D eigenvalue weighted by Gasteiger charge is 2.16. The van der Waals surface area contributed by atoms with E-state index in [0.717, 1.165) is 12.0 Å². The van der Waals surface area contributed by atoms with Crippen LogP contribution in [0.3, 0.4) is 0 Å². The fraction of sp³-hybridized carbons (Fsp3) is 0.800. The maximum atomic E-state index is 9.75. The minimum absolute atomic E-state index is 0.426. The van der Waals surface area contributed by atoms with Gasteiger partial charge in [0, 0.05) is 6.04 Å². The third kappa shape index (κ3) is 2.95. The van der Waals surface area contributed by atoms with Crippen LogP contribution in [0.4, 0.5) is 0 Å². The van der Waals surface area contributed by atoms with E-state index >= 15 is 0 Å². The van der Waals surface area contributed by atoms with Gasteiger partial charge in [-0.2, -0.15) is 0 Å². The molecule has 0 radical (unpaired) electrons. The lowest BCUT2D eigenvalue weighted by atomic mass is 10.1. The predicted molar refractivity (Wildman–Crippen MR) is 53.0 cm³/mol. The van der Waals surface area contributed by atoms with Crippen molar-refractivity contribution in [2.24, 2.45) is 0 Å². The largest absolute Gasteiger partial charge is 0.374 e. The molecule has 12 heavy (non-hydrogen) atoms. The SMILES string of the molecule is CC=C(C)C(O)N(C)C(C)CC. The van der Waals surface area contributed by atoms with E-state index in [0.29, 0.717) is 6.04 Å². The Labute approximate surface area is 75.9 Å². The van der Waals surface area contributed by atoms with E-state index in [1.54, 1.807) is 0 Å². The number of hydrogen-bond acceptors (Lipinski definition) is 2.